The van der Waals surface area contributed by atoms with E-state index in [2.05, 4.69) is 15.6 Å². The van der Waals surface area contributed by atoms with Gasteiger partial charge in [0.2, 0.25) is 0 Å². The third-order valence-corrected chi connectivity index (χ3v) is 3.82. The van der Waals surface area contributed by atoms with Crippen molar-refractivity contribution in [3.63, 3.8) is 0 Å². The number of anilines is 2. The van der Waals surface area contributed by atoms with Crippen LogP contribution in [-0.4, -0.2) is 16.8 Å². The van der Waals surface area contributed by atoms with E-state index in [-0.39, 0.29) is 17.6 Å². The second-order valence-electron chi connectivity index (χ2n) is 4.74. The van der Waals surface area contributed by atoms with Gasteiger partial charge in [0.15, 0.2) is 10.9 Å². The lowest BCUT2D eigenvalue weighted by molar-refractivity contribution is 0.0995. The Kier molecular flexibility index (Phi) is 4.20. The number of aryl methyl sites for hydroxylation is 1. The van der Waals surface area contributed by atoms with Gasteiger partial charge >= 0.3 is 0 Å². The Balaban J connectivity index is 1.64. The normalized spacial score (nSPS) is 10.3. The van der Waals surface area contributed by atoms with Crippen molar-refractivity contribution < 1.29 is 14.0 Å². The average molecular weight is 327 g/mol. The number of aromatic nitrogens is 1. The van der Waals surface area contributed by atoms with Crippen molar-refractivity contribution in [2.24, 2.45) is 0 Å². The molecule has 0 spiro atoms. The number of hydrogen-bond acceptors (Lipinski definition) is 5. The zero-order valence-corrected chi connectivity index (χ0v) is 13.0. The monoisotopic (exact) mass is 327 g/mol. The fourth-order valence-electron chi connectivity index (χ4n) is 1.89. The number of nitrogens with zero attached hydrogens (tertiary/aromatic N) is 1. The lowest BCUT2D eigenvalue weighted by Gasteiger charge is -2.05. The Hall–Kier alpha value is -2.93. The summed E-state index contributed by atoms with van der Waals surface area (Å²) in [7, 11) is 0. The topological polar surface area (TPSA) is 84.2 Å². The molecule has 2 aromatic heterocycles. The Labute approximate surface area is 136 Å². The van der Waals surface area contributed by atoms with Gasteiger partial charge in [0.1, 0.15) is 0 Å². The van der Waals surface area contributed by atoms with Gasteiger partial charge < -0.3 is 9.73 Å². The summed E-state index contributed by atoms with van der Waals surface area (Å²) < 4.78 is 5.02. The van der Waals surface area contributed by atoms with Crippen LogP contribution in [-0.2, 0) is 0 Å². The molecule has 23 heavy (non-hydrogen) atoms. The number of carbonyl (C=O) groups excluding carboxylic acids is 2. The lowest BCUT2D eigenvalue weighted by Crippen LogP contribution is -2.13. The highest BCUT2D eigenvalue weighted by Gasteiger charge is 2.11. The number of furan rings is 1. The molecular weight excluding hydrogens is 314 g/mol. The summed E-state index contributed by atoms with van der Waals surface area (Å²) in [5.74, 6) is -0.361. The Morgan fingerprint density at radius 2 is 1.87 bits per heavy atom. The summed E-state index contributed by atoms with van der Waals surface area (Å²) in [6, 6.07) is 9.79. The van der Waals surface area contributed by atoms with Crippen LogP contribution in [0.2, 0.25) is 0 Å². The molecular formula is C16H13N3O3S. The summed E-state index contributed by atoms with van der Waals surface area (Å²) in [5.41, 5.74) is 1.06. The highest BCUT2D eigenvalue weighted by atomic mass is 32.1. The van der Waals surface area contributed by atoms with E-state index in [1.54, 1.807) is 42.6 Å². The highest BCUT2D eigenvalue weighted by molar-refractivity contribution is 7.15. The first kappa shape index (κ1) is 15.0. The average Bonchev–Trinajstić information content (AvgIpc) is 3.20. The summed E-state index contributed by atoms with van der Waals surface area (Å²) in [6.07, 6.45) is 3.14. The molecule has 2 amide bonds. The third kappa shape index (κ3) is 3.64. The molecule has 0 aliphatic carbocycles. The second kappa shape index (κ2) is 6.45. The molecule has 0 atom stereocenters. The van der Waals surface area contributed by atoms with Crippen molar-refractivity contribution in [3.05, 3.63) is 65.1 Å². The van der Waals surface area contributed by atoms with Gasteiger partial charge in [-0.25, -0.2) is 4.98 Å². The van der Waals surface area contributed by atoms with Crippen LogP contribution in [0.4, 0.5) is 10.8 Å². The summed E-state index contributed by atoms with van der Waals surface area (Å²) in [4.78, 5) is 29.1. The maximum absolute atomic E-state index is 12.1. The summed E-state index contributed by atoms with van der Waals surface area (Å²) in [5, 5.41) is 5.97. The molecule has 116 valence electrons. The van der Waals surface area contributed by atoms with E-state index in [4.69, 9.17) is 4.42 Å². The lowest BCUT2D eigenvalue weighted by atomic mass is 10.2. The van der Waals surface area contributed by atoms with Crippen molar-refractivity contribution in [2.45, 2.75) is 6.92 Å². The van der Waals surface area contributed by atoms with E-state index in [0.29, 0.717) is 16.4 Å². The van der Waals surface area contributed by atoms with E-state index in [9.17, 15) is 9.59 Å². The van der Waals surface area contributed by atoms with E-state index in [0.717, 1.165) is 4.88 Å². The molecule has 2 N–H and O–H groups in total. The predicted molar refractivity (Wildman–Crippen MR) is 87.9 cm³/mol. The van der Waals surface area contributed by atoms with Gasteiger partial charge in [-0.1, -0.05) is 0 Å². The van der Waals surface area contributed by atoms with E-state index < -0.39 is 0 Å². The number of benzene rings is 1. The Bertz CT molecular complexity index is 823. The van der Waals surface area contributed by atoms with Crippen molar-refractivity contribution in [1.82, 2.24) is 4.98 Å². The maximum atomic E-state index is 12.1. The van der Waals surface area contributed by atoms with Crippen molar-refractivity contribution >= 4 is 34.0 Å². The molecule has 0 aliphatic rings. The van der Waals surface area contributed by atoms with Crippen LogP contribution in [0.1, 0.15) is 25.8 Å². The second-order valence-corrected chi connectivity index (χ2v) is 5.97. The van der Waals surface area contributed by atoms with Gasteiger partial charge in [0.25, 0.3) is 11.8 Å². The zero-order chi connectivity index (χ0) is 16.2. The van der Waals surface area contributed by atoms with Gasteiger partial charge in [-0.3, -0.25) is 14.9 Å². The van der Waals surface area contributed by atoms with E-state index >= 15 is 0 Å². The highest BCUT2D eigenvalue weighted by Crippen LogP contribution is 2.18. The fourth-order valence-corrected chi connectivity index (χ4v) is 2.55. The van der Waals surface area contributed by atoms with Crippen LogP contribution in [0, 0.1) is 6.92 Å². The number of carbonyl (C=O) groups is 2. The predicted octanol–water partition coefficient (Wildman–Crippen LogP) is 3.55. The minimum atomic E-state index is -0.342. The molecule has 3 aromatic rings. The van der Waals surface area contributed by atoms with E-state index in [1.807, 2.05) is 6.92 Å². The Morgan fingerprint density at radius 3 is 2.48 bits per heavy atom. The molecule has 3 rings (SSSR count). The largest absolute Gasteiger partial charge is 0.459 e. The Morgan fingerprint density at radius 1 is 1.09 bits per heavy atom. The molecule has 0 unspecified atom stereocenters. The third-order valence-electron chi connectivity index (χ3n) is 2.99. The minimum absolute atomic E-state index is 0.228. The quantitative estimate of drug-likeness (QED) is 0.767. The fraction of sp³-hybridized carbons (Fsp3) is 0.0625. The molecule has 0 aliphatic heterocycles. The van der Waals surface area contributed by atoms with Gasteiger partial charge in [-0.05, 0) is 43.3 Å². The number of thiazole rings is 1. The number of nitrogens with one attached hydrogen (secondary N) is 2. The van der Waals surface area contributed by atoms with Crippen LogP contribution in [0.15, 0.2) is 53.3 Å². The molecule has 0 saturated carbocycles. The van der Waals surface area contributed by atoms with Gasteiger partial charge in [0, 0.05) is 22.3 Å². The first-order valence-electron chi connectivity index (χ1n) is 6.80. The van der Waals surface area contributed by atoms with Gasteiger partial charge in [-0.2, -0.15) is 0 Å². The standard InChI is InChI=1S/C16H13N3O3S/c1-10-9-17-16(23-10)19-14(20)11-4-6-12(7-5-11)18-15(21)13-3-2-8-22-13/h2-9H,1H3,(H,18,21)(H,17,19,20). The number of hydrogen-bond donors (Lipinski definition) is 2. The molecule has 0 fully saturated rings. The summed E-state index contributed by atoms with van der Waals surface area (Å²) in [6.45, 7) is 1.92. The van der Waals surface area contributed by atoms with Gasteiger partial charge in [-0.15, -0.1) is 11.3 Å². The molecule has 7 heteroatoms. The molecule has 0 radical (unpaired) electrons. The van der Waals surface area contributed by atoms with Crippen molar-refractivity contribution in [2.75, 3.05) is 10.6 Å². The van der Waals surface area contributed by atoms with Crippen molar-refractivity contribution in [1.29, 1.82) is 0 Å². The van der Waals surface area contributed by atoms with Crippen LogP contribution in [0.5, 0.6) is 0 Å². The van der Waals surface area contributed by atoms with Crippen LogP contribution >= 0.6 is 11.3 Å². The number of rotatable bonds is 4. The smallest absolute Gasteiger partial charge is 0.291 e. The first-order chi connectivity index (χ1) is 11.1. The molecule has 6 nitrogen and oxygen atoms in total. The molecule has 2 heterocycles. The van der Waals surface area contributed by atoms with E-state index in [1.165, 1.54) is 17.6 Å². The minimum Gasteiger partial charge on any atom is -0.459 e. The zero-order valence-electron chi connectivity index (χ0n) is 12.2. The van der Waals surface area contributed by atoms with Crippen LogP contribution < -0.4 is 10.6 Å². The molecule has 0 saturated heterocycles. The first-order valence-corrected chi connectivity index (χ1v) is 7.62. The van der Waals surface area contributed by atoms with Gasteiger partial charge in [0.05, 0.1) is 6.26 Å². The molecule has 0 bridgehead atoms. The number of amides is 2. The summed E-state index contributed by atoms with van der Waals surface area (Å²) >= 11 is 1.41. The maximum Gasteiger partial charge on any atom is 0.291 e. The molecule has 1 aromatic carbocycles. The van der Waals surface area contributed by atoms with Crippen LogP contribution in [0.25, 0.3) is 0 Å². The SMILES string of the molecule is Cc1cnc(NC(=O)c2ccc(NC(=O)c3ccco3)cc2)s1. The van der Waals surface area contributed by atoms with Crippen LogP contribution in [0.3, 0.4) is 0 Å². The van der Waals surface area contributed by atoms with Crippen molar-refractivity contribution in [3.8, 4) is 0 Å².